The number of rotatable bonds is 7. The van der Waals surface area contributed by atoms with Crippen molar-refractivity contribution in [1.29, 1.82) is 0 Å². The van der Waals surface area contributed by atoms with Gasteiger partial charge in [-0.3, -0.25) is 9.78 Å². The van der Waals surface area contributed by atoms with Crippen LogP contribution in [0, 0.1) is 25.1 Å². The average molecular weight is 476 g/mol. The maximum absolute atomic E-state index is 14.7. The fourth-order valence-corrected chi connectivity index (χ4v) is 4.00. The Hall–Kier alpha value is -3.81. The highest BCUT2D eigenvalue weighted by atomic mass is 19.1. The Morgan fingerprint density at radius 1 is 1.06 bits per heavy atom. The van der Waals surface area contributed by atoms with Gasteiger partial charge in [-0.25, -0.2) is 14.2 Å². The zero-order valence-electron chi connectivity index (χ0n) is 20.5. The fraction of sp³-hybridized carbons (Fsp3) is 0.333. The number of nitrogens with one attached hydrogen (secondary N) is 3. The molecule has 1 aromatic carbocycles. The number of nitrogens with zero attached hydrogens (tertiary/aromatic N) is 2. The summed E-state index contributed by atoms with van der Waals surface area (Å²) >= 11 is 0. The summed E-state index contributed by atoms with van der Waals surface area (Å²) in [5.41, 5.74) is 5.08. The molecule has 3 N–H and O–H groups in total. The first-order valence-electron chi connectivity index (χ1n) is 11.7. The van der Waals surface area contributed by atoms with Crippen molar-refractivity contribution in [2.24, 2.45) is 5.41 Å². The lowest BCUT2D eigenvalue weighted by Gasteiger charge is -2.15. The zero-order chi connectivity index (χ0) is 25.2. The van der Waals surface area contributed by atoms with Gasteiger partial charge in [0.05, 0.1) is 11.4 Å². The monoisotopic (exact) mass is 475 g/mol. The number of pyridine rings is 2. The number of anilines is 2. The number of carbonyl (C=O) groups is 2. The number of halogens is 1. The summed E-state index contributed by atoms with van der Waals surface area (Å²) in [6, 6.07) is 10.0. The Bertz CT molecular complexity index is 1290. The smallest absolute Gasteiger partial charge is 0.319 e. The van der Waals surface area contributed by atoms with Crippen LogP contribution in [-0.4, -0.2) is 28.5 Å². The molecule has 3 amide bonds. The van der Waals surface area contributed by atoms with E-state index in [9.17, 15) is 14.0 Å². The van der Waals surface area contributed by atoms with E-state index in [4.69, 9.17) is 0 Å². The summed E-state index contributed by atoms with van der Waals surface area (Å²) < 4.78 is 14.7. The number of aromatic nitrogens is 2. The van der Waals surface area contributed by atoms with Gasteiger partial charge < -0.3 is 16.0 Å². The Balaban J connectivity index is 1.59. The van der Waals surface area contributed by atoms with Crippen LogP contribution in [0.15, 0.2) is 42.6 Å². The van der Waals surface area contributed by atoms with Gasteiger partial charge in [-0.2, -0.15) is 0 Å². The molecule has 35 heavy (non-hydrogen) atoms. The van der Waals surface area contributed by atoms with E-state index >= 15 is 0 Å². The summed E-state index contributed by atoms with van der Waals surface area (Å²) in [4.78, 5) is 32.6. The van der Waals surface area contributed by atoms with Crippen LogP contribution in [0.1, 0.15) is 44.4 Å². The van der Waals surface area contributed by atoms with Crippen LogP contribution in [0.3, 0.4) is 0 Å². The number of hydrogen-bond acceptors (Lipinski definition) is 4. The van der Waals surface area contributed by atoms with E-state index in [1.54, 1.807) is 18.3 Å². The van der Waals surface area contributed by atoms with Crippen molar-refractivity contribution in [3.8, 4) is 22.4 Å². The lowest BCUT2D eigenvalue weighted by atomic mass is 9.97. The zero-order valence-corrected chi connectivity index (χ0v) is 20.5. The molecule has 1 aliphatic carbocycles. The molecule has 8 heteroatoms. The quantitative estimate of drug-likeness (QED) is 0.400. The predicted octanol–water partition coefficient (Wildman–Crippen LogP) is 5.84. The van der Waals surface area contributed by atoms with Gasteiger partial charge in [-0.1, -0.05) is 6.92 Å². The minimum absolute atomic E-state index is 0.119. The molecule has 0 atom stereocenters. The van der Waals surface area contributed by atoms with Crippen LogP contribution in [0.25, 0.3) is 22.4 Å². The molecular weight excluding hydrogens is 445 g/mol. The normalized spacial score (nSPS) is 13.7. The largest absolute Gasteiger partial charge is 0.338 e. The maximum Gasteiger partial charge on any atom is 0.319 e. The third-order valence-electron chi connectivity index (χ3n) is 6.30. The molecule has 1 fully saturated rings. The third kappa shape index (κ3) is 6.20. The first kappa shape index (κ1) is 24.3. The van der Waals surface area contributed by atoms with E-state index in [0.29, 0.717) is 23.5 Å². The molecule has 0 spiro atoms. The molecule has 0 aliphatic heterocycles. The highest BCUT2D eigenvalue weighted by Crippen LogP contribution is 2.47. The van der Waals surface area contributed by atoms with Gasteiger partial charge in [-0.05, 0) is 91.6 Å². The lowest BCUT2D eigenvalue weighted by Crippen LogP contribution is -2.30. The van der Waals surface area contributed by atoms with Crippen molar-refractivity contribution in [3.63, 3.8) is 0 Å². The Morgan fingerprint density at radius 2 is 1.83 bits per heavy atom. The second-order valence-electron chi connectivity index (χ2n) is 9.58. The second-order valence-corrected chi connectivity index (χ2v) is 9.58. The second kappa shape index (κ2) is 9.82. The minimum atomic E-state index is -0.490. The molecule has 0 radical (unpaired) electrons. The number of carbonyl (C=O) groups excluding carboxylic acids is 2. The standard InChI is InChI=1S/C27H30FN5O2/c1-16-11-22(28)24(33-26(35)30-10-8-27(4)6-7-27)15-21(16)20-12-17(2)31-23(13-20)19-5-9-29-25(14-19)32-18(3)34/h5,9,11-15H,6-8,10H2,1-4H3,(H,29,32,34)(H2,30,33,35). The van der Waals surface area contributed by atoms with E-state index in [1.807, 2.05) is 32.0 Å². The molecule has 7 nitrogen and oxygen atoms in total. The van der Waals surface area contributed by atoms with E-state index in [0.717, 1.165) is 34.4 Å². The SMILES string of the molecule is CC(=O)Nc1cc(-c2cc(-c3cc(NC(=O)NCCC4(C)CC4)c(F)cc3C)cc(C)n2)ccn1. The van der Waals surface area contributed by atoms with Gasteiger partial charge >= 0.3 is 6.03 Å². The number of urea groups is 1. The van der Waals surface area contributed by atoms with Gasteiger partial charge in [0, 0.05) is 30.9 Å². The molecule has 182 valence electrons. The average Bonchev–Trinajstić information content (AvgIpc) is 3.52. The summed E-state index contributed by atoms with van der Waals surface area (Å²) in [6.45, 7) is 7.90. The van der Waals surface area contributed by atoms with Crippen LogP contribution >= 0.6 is 0 Å². The van der Waals surface area contributed by atoms with Gasteiger partial charge in [0.25, 0.3) is 0 Å². The molecule has 1 saturated carbocycles. The van der Waals surface area contributed by atoms with E-state index in [1.165, 1.54) is 25.8 Å². The Labute approximate surface area is 204 Å². The van der Waals surface area contributed by atoms with Gasteiger partial charge in [0.15, 0.2) is 0 Å². The molecule has 0 saturated heterocycles. The van der Waals surface area contributed by atoms with Gasteiger partial charge in [-0.15, -0.1) is 0 Å². The van der Waals surface area contributed by atoms with Crippen LogP contribution in [0.5, 0.6) is 0 Å². The molecule has 2 aromatic heterocycles. The number of aryl methyl sites for hydroxylation is 2. The van der Waals surface area contributed by atoms with Crippen molar-refractivity contribution in [1.82, 2.24) is 15.3 Å². The first-order valence-corrected chi connectivity index (χ1v) is 11.7. The number of benzene rings is 1. The van der Waals surface area contributed by atoms with Gasteiger partial charge in [0.1, 0.15) is 11.6 Å². The van der Waals surface area contributed by atoms with Crippen molar-refractivity contribution in [3.05, 3.63) is 59.7 Å². The Kier molecular flexibility index (Phi) is 6.82. The highest BCUT2D eigenvalue weighted by Gasteiger charge is 2.36. The fourth-order valence-electron chi connectivity index (χ4n) is 4.00. The number of amides is 3. The summed E-state index contributed by atoms with van der Waals surface area (Å²) in [6.07, 6.45) is 4.90. The van der Waals surface area contributed by atoms with Crippen LogP contribution in [0.2, 0.25) is 0 Å². The molecule has 3 aromatic rings. The summed E-state index contributed by atoms with van der Waals surface area (Å²) in [5, 5.41) is 8.15. The van der Waals surface area contributed by atoms with Crippen LogP contribution < -0.4 is 16.0 Å². The third-order valence-corrected chi connectivity index (χ3v) is 6.30. The molecule has 0 bridgehead atoms. The van der Waals surface area contributed by atoms with Crippen molar-refractivity contribution < 1.29 is 14.0 Å². The van der Waals surface area contributed by atoms with Crippen molar-refractivity contribution >= 4 is 23.4 Å². The molecule has 0 unspecified atom stereocenters. The molecule has 1 aliphatic rings. The van der Waals surface area contributed by atoms with Crippen molar-refractivity contribution in [2.75, 3.05) is 17.2 Å². The van der Waals surface area contributed by atoms with E-state index < -0.39 is 11.8 Å². The minimum Gasteiger partial charge on any atom is -0.338 e. The van der Waals surface area contributed by atoms with Crippen LogP contribution in [0.4, 0.5) is 20.7 Å². The molecular formula is C27H30FN5O2. The van der Waals surface area contributed by atoms with Crippen molar-refractivity contribution in [2.45, 2.75) is 47.0 Å². The highest BCUT2D eigenvalue weighted by molar-refractivity contribution is 5.91. The molecule has 2 heterocycles. The van der Waals surface area contributed by atoms with Crippen LogP contribution in [-0.2, 0) is 4.79 Å². The summed E-state index contributed by atoms with van der Waals surface area (Å²) in [5.74, 6) is -0.262. The van der Waals surface area contributed by atoms with E-state index in [2.05, 4.69) is 32.8 Å². The Morgan fingerprint density at radius 3 is 2.54 bits per heavy atom. The maximum atomic E-state index is 14.7. The van der Waals surface area contributed by atoms with E-state index in [-0.39, 0.29) is 11.6 Å². The predicted molar refractivity (Wildman–Crippen MR) is 136 cm³/mol. The lowest BCUT2D eigenvalue weighted by molar-refractivity contribution is -0.114. The summed E-state index contributed by atoms with van der Waals surface area (Å²) in [7, 11) is 0. The van der Waals surface area contributed by atoms with Gasteiger partial charge in [0.2, 0.25) is 5.91 Å². The molecule has 4 rings (SSSR count). The topological polar surface area (TPSA) is 96.0 Å². The number of hydrogen-bond donors (Lipinski definition) is 3. The first-order chi connectivity index (χ1) is 16.6.